The van der Waals surface area contributed by atoms with Crippen molar-refractivity contribution < 1.29 is 19.5 Å². The topological polar surface area (TPSA) is 98.7 Å². The summed E-state index contributed by atoms with van der Waals surface area (Å²) in [4.78, 5) is 35.9. The van der Waals surface area contributed by atoms with Gasteiger partial charge in [0.25, 0.3) is 0 Å². The molecule has 118 valence electrons. The van der Waals surface area contributed by atoms with Gasteiger partial charge in [-0.3, -0.25) is 14.4 Å². The van der Waals surface area contributed by atoms with Crippen molar-refractivity contribution in [2.45, 2.75) is 38.1 Å². The summed E-state index contributed by atoms with van der Waals surface area (Å²) in [6.07, 6.45) is 3.56. The van der Waals surface area contributed by atoms with Gasteiger partial charge in [-0.25, -0.2) is 0 Å². The van der Waals surface area contributed by atoms with Crippen molar-refractivity contribution in [2.24, 2.45) is 5.92 Å². The lowest BCUT2D eigenvalue weighted by atomic mass is 9.97. The van der Waals surface area contributed by atoms with Gasteiger partial charge in [0, 0.05) is 32.1 Å². The summed E-state index contributed by atoms with van der Waals surface area (Å²) < 4.78 is 0. The van der Waals surface area contributed by atoms with Gasteiger partial charge in [-0.1, -0.05) is 0 Å². The van der Waals surface area contributed by atoms with E-state index in [2.05, 4.69) is 10.6 Å². The molecule has 2 fully saturated rings. The molecule has 0 atom stereocenters. The Balaban J connectivity index is 1.55. The number of carbonyl (C=O) groups excluding carboxylic acids is 2. The van der Waals surface area contributed by atoms with Crippen LogP contribution in [0.4, 0.5) is 0 Å². The number of hydrogen-bond acceptors (Lipinski definition) is 4. The molecule has 1 aliphatic carbocycles. The quantitative estimate of drug-likeness (QED) is 0.554. The molecule has 0 aromatic heterocycles. The first kappa shape index (κ1) is 15.8. The SMILES string of the molecule is O=C(CCNCC(=O)N1CCC(C(=O)O)CC1)NC1CC1. The van der Waals surface area contributed by atoms with Gasteiger partial charge in [0.05, 0.1) is 12.5 Å². The Morgan fingerprint density at radius 1 is 1.10 bits per heavy atom. The smallest absolute Gasteiger partial charge is 0.306 e. The Bertz CT molecular complexity index is 401. The number of carboxylic acids is 1. The van der Waals surface area contributed by atoms with Gasteiger partial charge in [-0.15, -0.1) is 0 Å². The molecular weight excluding hydrogens is 274 g/mol. The molecule has 2 amide bonds. The second-order valence-corrected chi connectivity index (χ2v) is 5.76. The molecule has 2 rings (SSSR count). The van der Waals surface area contributed by atoms with E-state index < -0.39 is 5.97 Å². The van der Waals surface area contributed by atoms with E-state index in [4.69, 9.17) is 5.11 Å². The fourth-order valence-electron chi connectivity index (χ4n) is 2.41. The number of likely N-dealkylation sites (tertiary alicyclic amines) is 1. The molecule has 0 bridgehead atoms. The van der Waals surface area contributed by atoms with E-state index in [9.17, 15) is 14.4 Å². The summed E-state index contributed by atoms with van der Waals surface area (Å²) in [6, 6.07) is 0.370. The Labute approximate surface area is 124 Å². The lowest BCUT2D eigenvalue weighted by molar-refractivity contribution is -0.145. The number of aliphatic carboxylic acids is 1. The predicted octanol–water partition coefficient (Wildman–Crippen LogP) is -0.432. The molecule has 0 unspecified atom stereocenters. The van der Waals surface area contributed by atoms with E-state index in [0.29, 0.717) is 44.9 Å². The molecule has 3 N–H and O–H groups in total. The zero-order chi connectivity index (χ0) is 15.2. The maximum absolute atomic E-state index is 11.9. The summed E-state index contributed by atoms with van der Waals surface area (Å²) in [5.74, 6) is -1.10. The van der Waals surface area contributed by atoms with Crippen LogP contribution in [0.2, 0.25) is 0 Å². The number of rotatable bonds is 7. The number of hydrogen-bond donors (Lipinski definition) is 3. The third kappa shape index (κ3) is 5.34. The van der Waals surface area contributed by atoms with E-state index in [0.717, 1.165) is 12.8 Å². The van der Waals surface area contributed by atoms with Crippen LogP contribution in [-0.4, -0.2) is 60.0 Å². The first-order chi connectivity index (χ1) is 10.1. The van der Waals surface area contributed by atoms with E-state index in [1.54, 1.807) is 4.90 Å². The molecule has 1 saturated carbocycles. The van der Waals surface area contributed by atoms with Crippen molar-refractivity contribution in [1.29, 1.82) is 0 Å². The molecule has 1 saturated heterocycles. The maximum atomic E-state index is 11.9. The minimum Gasteiger partial charge on any atom is -0.481 e. The molecule has 21 heavy (non-hydrogen) atoms. The summed E-state index contributed by atoms with van der Waals surface area (Å²) >= 11 is 0. The van der Waals surface area contributed by atoms with Crippen LogP contribution in [0.1, 0.15) is 32.1 Å². The Kier molecular flexibility index (Phi) is 5.55. The maximum Gasteiger partial charge on any atom is 0.306 e. The van der Waals surface area contributed by atoms with Crippen LogP contribution in [0.25, 0.3) is 0 Å². The minimum absolute atomic E-state index is 0.0264. The number of nitrogens with one attached hydrogen (secondary N) is 2. The van der Waals surface area contributed by atoms with Crippen molar-refractivity contribution in [3.8, 4) is 0 Å². The van der Waals surface area contributed by atoms with Crippen molar-refractivity contribution in [2.75, 3.05) is 26.2 Å². The highest BCUT2D eigenvalue weighted by atomic mass is 16.4. The summed E-state index contributed by atoms with van der Waals surface area (Å²) in [7, 11) is 0. The van der Waals surface area contributed by atoms with Gasteiger partial charge in [-0.2, -0.15) is 0 Å². The molecule has 0 radical (unpaired) electrons. The van der Waals surface area contributed by atoms with Crippen LogP contribution in [0.5, 0.6) is 0 Å². The van der Waals surface area contributed by atoms with E-state index in [-0.39, 0.29) is 24.3 Å². The zero-order valence-electron chi connectivity index (χ0n) is 12.1. The van der Waals surface area contributed by atoms with E-state index >= 15 is 0 Å². The standard InChI is InChI=1S/C14H23N3O4/c18-12(16-11-1-2-11)3-6-15-9-13(19)17-7-4-10(5-8-17)14(20)21/h10-11,15H,1-9H2,(H,16,18)(H,20,21). The number of amides is 2. The first-order valence-corrected chi connectivity index (χ1v) is 7.57. The number of piperidine rings is 1. The van der Waals surface area contributed by atoms with Gasteiger partial charge in [0.15, 0.2) is 0 Å². The van der Waals surface area contributed by atoms with Crippen LogP contribution >= 0.6 is 0 Å². The lowest BCUT2D eigenvalue weighted by Gasteiger charge is -2.30. The van der Waals surface area contributed by atoms with Crippen LogP contribution in [0, 0.1) is 5.92 Å². The van der Waals surface area contributed by atoms with Crippen molar-refractivity contribution >= 4 is 17.8 Å². The van der Waals surface area contributed by atoms with E-state index in [1.807, 2.05) is 0 Å². The van der Waals surface area contributed by atoms with Gasteiger partial charge >= 0.3 is 5.97 Å². The van der Waals surface area contributed by atoms with E-state index in [1.165, 1.54) is 0 Å². The third-order valence-corrected chi connectivity index (χ3v) is 3.94. The Morgan fingerprint density at radius 2 is 1.76 bits per heavy atom. The van der Waals surface area contributed by atoms with Crippen LogP contribution in [0.3, 0.4) is 0 Å². The molecule has 2 aliphatic rings. The lowest BCUT2D eigenvalue weighted by Crippen LogP contribution is -2.44. The molecule has 1 heterocycles. The van der Waals surface area contributed by atoms with Gasteiger partial charge in [-0.05, 0) is 25.7 Å². The first-order valence-electron chi connectivity index (χ1n) is 7.57. The molecule has 1 aliphatic heterocycles. The summed E-state index contributed by atoms with van der Waals surface area (Å²) in [5, 5.41) is 14.8. The monoisotopic (exact) mass is 297 g/mol. The van der Waals surface area contributed by atoms with Crippen molar-refractivity contribution in [3.05, 3.63) is 0 Å². The predicted molar refractivity (Wildman–Crippen MR) is 75.6 cm³/mol. The highest BCUT2D eigenvalue weighted by Gasteiger charge is 2.26. The number of carboxylic acid groups (broad SMARTS) is 1. The van der Waals surface area contributed by atoms with Gasteiger partial charge < -0.3 is 20.6 Å². The zero-order valence-corrected chi connectivity index (χ0v) is 12.1. The second-order valence-electron chi connectivity index (χ2n) is 5.76. The van der Waals surface area contributed by atoms with Crippen LogP contribution in [0.15, 0.2) is 0 Å². The van der Waals surface area contributed by atoms with Gasteiger partial charge in [0.2, 0.25) is 11.8 Å². The number of carbonyl (C=O) groups is 3. The highest BCUT2D eigenvalue weighted by molar-refractivity contribution is 5.79. The van der Waals surface area contributed by atoms with Crippen molar-refractivity contribution in [1.82, 2.24) is 15.5 Å². The second kappa shape index (κ2) is 7.40. The fourth-order valence-corrected chi connectivity index (χ4v) is 2.41. The molecule has 0 aromatic carbocycles. The van der Waals surface area contributed by atoms with Crippen molar-refractivity contribution in [3.63, 3.8) is 0 Å². The normalized spacial score (nSPS) is 19.3. The highest BCUT2D eigenvalue weighted by Crippen LogP contribution is 2.18. The third-order valence-electron chi connectivity index (χ3n) is 3.94. The van der Waals surface area contributed by atoms with Gasteiger partial charge in [0.1, 0.15) is 0 Å². The number of nitrogens with zero attached hydrogens (tertiary/aromatic N) is 1. The van der Waals surface area contributed by atoms with Crippen LogP contribution in [-0.2, 0) is 14.4 Å². The largest absolute Gasteiger partial charge is 0.481 e. The molecule has 0 spiro atoms. The fraction of sp³-hybridized carbons (Fsp3) is 0.786. The molecule has 0 aromatic rings. The van der Waals surface area contributed by atoms with Crippen LogP contribution < -0.4 is 10.6 Å². The minimum atomic E-state index is -0.776. The molecule has 7 heteroatoms. The average molecular weight is 297 g/mol. The molecular formula is C14H23N3O4. The summed E-state index contributed by atoms with van der Waals surface area (Å²) in [6.45, 7) is 1.68. The average Bonchev–Trinajstić information content (AvgIpc) is 3.27. The Morgan fingerprint density at radius 3 is 2.33 bits per heavy atom. The Hall–Kier alpha value is -1.63. The molecule has 7 nitrogen and oxygen atoms in total. The summed E-state index contributed by atoms with van der Waals surface area (Å²) in [5.41, 5.74) is 0.